The Bertz CT molecular complexity index is 330. The Hall–Kier alpha value is -0.940. The highest BCUT2D eigenvalue weighted by molar-refractivity contribution is 5.21. The minimum absolute atomic E-state index is 0.0599. The Morgan fingerprint density at radius 2 is 2.19 bits per heavy atom. The zero-order valence-electron chi connectivity index (χ0n) is 9.39. The van der Waals surface area contributed by atoms with Gasteiger partial charge >= 0.3 is 0 Å². The summed E-state index contributed by atoms with van der Waals surface area (Å²) in [5.41, 5.74) is 6.55. The lowest BCUT2D eigenvalue weighted by atomic mass is 10.1. The van der Waals surface area contributed by atoms with Crippen LogP contribution in [-0.4, -0.2) is 33.0 Å². The zero-order valence-corrected chi connectivity index (χ0v) is 9.39. The van der Waals surface area contributed by atoms with Crippen LogP contribution < -0.4 is 5.73 Å². The van der Waals surface area contributed by atoms with Crippen molar-refractivity contribution in [3.8, 4) is 0 Å². The van der Waals surface area contributed by atoms with Gasteiger partial charge in [0.2, 0.25) is 5.79 Å². The Kier molecular flexibility index (Phi) is 3.56. The first kappa shape index (κ1) is 11.5. The summed E-state index contributed by atoms with van der Waals surface area (Å²) in [6, 6.07) is 9.81. The lowest BCUT2D eigenvalue weighted by Gasteiger charge is -2.27. The summed E-state index contributed by atoms with van der Waals surface area (Å²) in [7, 11) is 1.63. The molecule has 4 nitrogen and oxygen atoms in total. The summed E-state index contributed by atoms with van der Waals surface area (Å²) < 4.78 is 16.8. The molecule has 0 aromatic heterocycles. The number of rotatable bonds is 4. The van der Waals surface area contributed by atoms with Gasteiger partial charge in [0.1, 0.15) is 6.61 Å². The molecule has 1 fully saturated rings. The molecule has 1 aliphatic heterocycles. The molecule has 0 radical (unpaired) electrons. The maximum Gasteiger partial charge on any atom is 0.219 e. The highest BCUT2D eigenvalue weighted by Gasteiger charge is 2.42. The van der Waals surface area contributed by atoms with Gasteiger partial charge in [-0.3, -0.25) is 0 Å². The van der Waals surface area contributed by atoms with E-state index in [0.717, 1.165) is 5.56 Å². The molecule has 0 aliphatic carbocycles. The van der Waals surface area contributed by atoms with Gasteiger partial charge in [-0.2, -0.15) is 0 Å². The van der Waals surface area contributed by atoms with E-state index in [2.05, 4.69) is 0 Å². The molecule has 0 bridgehead atoms. The fraction of sp³-hybridized carbons (Fsp3) is 0.500. The van der Waals surface area contributed by atoms with Crippen molar-refractivity contribution in [3.63, 3.8) is 0 Å². The molecule has 88 valence electrons. The van der Waals surface area contributed by atoms with Gasteiger partial charge < -0.3 is 19.9 Å². The average molecular weight is 223 g/mol. The van der Waals surface area contributed by atoms with Crippen molar-refractivity contribution in [3.05, 3.63) is 35.9 Å². The molecule has 16 heavy (non-hydrogen) atoms. The highest BCUT2D eigenvalue weighted by atomic mass is 16.8. The quantitative estimate of drug-likeness (QED) is 0.822. The molecule has 1 aromatic carbocycles. The van der Waals surface area contributed by atoms with Gasteiger partial charge in [-0.25, -0.2) is 0 Å². The van der Waals surface area contributed by atoms with Crippen LogP contribution in [0.2, 0.25) is 0 Å². The minimum Gasteiger partial charge on any atom is -0.379 e. The molecular weight excluding hydrogens is 206 g/mol. The average Bonchev–Trinajstić information content (AvgIpc) is 2.76. The second-order valence-corrected chi connectivity index (χ2v) is 3.84. The van der Waals surface area contributed by atoms with Gasteiger partial charge in [0.15, 0.2) is 0 Å². The maximum absolute atomic E-state index is 5.85. The van der Waals surface area contributed by atoms with Gasteiger partial charge in [-0.05, 0) is 0 Å². The van der Waals surface area contributed by atoms with Gasteiger partial charge in [0.25, 0.3) is 0 Å². The number of hydrogen-bond acceptors (Lipinski definition) is 4. The van der Waals surface area contributed by atoms with E-state index >= 15 is 0 Å². The van der Waals surface area contributed by atoms with Gasteiger partial charge in [-0.1, -0.05) is 30.3 Å². The largest absolute Gasteiger partial charge is 0.379 e. The molecule has 0 amide bonds. The lowest BCUT2D eigenvalue weighted by Crippen LogP contribution is -2.34. The molecule has 2 unspecified atom stereocenters. The Labute approximate surface area is 95.3 Å². The van der Waals surface area contributed by atoms with Crippen molar-refractivity contribution in [2.75, 3.05) is 26.9 Å². The van der Waals surface area contributed by atoms with Crippen LogP contribution in [0.15, 0.2) is 30.3 Å². The normalized spacial score (nSPS) is 29.5. The smallest absolute Gasteiger partial charge is 0.219 e. The van der Waals surface area contributed by atoms with Crippen LogP contribution in [0.1, 0.15) is 5.56 Å². The predicted octanol–water partition coefficient (Wildman–Crippen LogP) is 0.860. The van der Waals surface area contributed by atoms with E-state index in [-0.39, 0.29) is 6.10 Å². The van der Waals surface area contributed by atoms with Crippen molar-refractivity contribution < 1.29 is 14.2 Å². The lowest BCUT2D eigenvalue weighted by molar-refractivity contribution is -0.205. The van der Waals surface area contributed by atoms with Crippen LogP contribution in [0.3, 0.4) is 0 Å². The Balaban J connectivity index is 2.23. The van der Waals surface area contributed by atoms with E-state index in [1.807, 2.05) is 30.3 Å². The highest BCUT2D eigenvalue weighted by Crippen LogP contribution is 2.34. The van der Waals surface area contributed by atoms with Gasteiger partial charge in [0.05, 0.1) is 12.7 Å². The third kappa shape index (κ3) is 2.10. The summed E-state index contributed by atoms with van der Waals surface area (Å²) in [6.45, 7) is 1.33. The van der Waals surface area contributed by atoms with E-state index in [4.69, 9.17) is 19.9 Å². The monoisotopic (exact) mass is 223 g/mol. The molecule has 2 atom stereocenters. The zero-order chi connectivity index (χ0) is 11.4. The van der Waals surface area contributed by atoms with Crippen LogP contribution in [0.5, 0.6) is 0 Å². The first-order chi connectivity index (χ1) is 7.80. The molecule has 0 spiro atoms. The summed E-state index contributed by atoms with van der Waals surface area (Å²) in [4.78, 5) is 0. The van der Waals surface area contributed by atoms with E-state index in [1.165, 1.54) is 0 Å². The third-order valence-corrected chi connectivity index (χ3v) is 2.67. The maximum atomic E-state index is 5.85. The summed E-state index contributed by atoms with van der Waals surface area (Å²) in [5, 5.41) is 0. The van der Waals surface area contributed by atoms with Crippen LogP contribution in [-0.2, 0) is 20.0 Å². The van der Waals surface area contributed by atoms with Crippen LogP contribution in [0, 0.1) is 0 Å². The third-order valence-electron chi connectivity index (χ3n) is 2.67. The molecular formula is C12H17NO3. The fourth-order valence-electron chi connectivity index (χ4n) is 1.87. The molecule has 1 saturated heterocycles. The summed E-state index contributed by atoms with van der Waals surface area (Å²) in [6.07, 6.45) is -0.0599. The van der Waals surface area contributed by atoms with Crippen molar-refractivity contribution >= 4 is 0 Å². The standard InChI is InChI=1S/C12H17NO3/c1-14-9-12(10-5-3-2-4-6-10)15-8-11(7-13)16-12/h2-6,11H,7-9,13H2,1H3. The molecule has 1 aliphatic rings. The van der Waals surface area contributed by atoms with E-state index in [9.17, 15) is 0 Å². The van der Waals surface area contributed by atoms with Gasteiger partial charge in [0, 0.05) is 19.2 Å². The molecule has 1 heterocycles. The topological polar surface area (TPSA) is 53.7 Å². The van der Waals surface area contributed by atoms with E-state index < -0.39 is 5.79 Å². The Morgan fingerprint density at radius 1 is 1.44 bits per heavy atom. The first-order valence-corrected chi connectivity index (χ1v) is 5.37. The van der Waals surface area contributed by atoms with Crippen molar-refractivity contribution in [1.82, 2.24) is 0 Å². The predicted molar refractivity (Wildman–Crippen MR) is 59.9 cm³/mol. The molecule has 0 saturated carbocycles. The summed E-state index contributed by atoms with van der Waals surface area (Å²) >= 11 is 0. The molecule has 1 aromatic rings. The number of hydrogen-bond donors (Lipinski definition) is 1. The SMILES string of the molecule is COCC1(c2ccccc2)OCC(CN)O1. The van der Waals surface area contributed by atoms with Crippen molar-refractivity contribution in [2.24, 2.45) is 5.73 Å². The van der Waals surface area contributed by atoms with Crippen LogP contribution >= 0.6 is 0 Å². The Morgan fingerprint density at radius 3 is 2.75 bits per heavy atom. The van der Waals surface area contributed by atoms with E-state index in [0.29, 0.717) is 19.8 Å². The molecule has 2 N–H and O–H groups in total. The molecule has 4 heteroatoms. The van der Waals surface area contributed by atoms with Crippen molar-refractivity contribution in [1.29, 1.82) is 0 Å². The summed E-state index contributed by atoms with van der Waals surface area (Å²) in [5.74, 6) is -0.792. The first-order valence-electron chi connectivity index (χ1n) is 5.37. The minimum atomic E-state index is -0.792. The number of ether oxygens (including phenoxy) is 3. The van der Waals surface area contributed by atoms with E-state index in [1.54, 1.807) is 7.11 Å². The van der Waals surface area contributed by atoms with Gasteiger partial charge in [-0.15, -0.1) is 0 Å². The second kappa shape index (κ2) is 4.93. The van der Waals surface area contributed by atoms with Crippen LogP contribution in [0.25, 0.3) is 0 Å². The second-order valence-electron chi connectivity index (χ2n) is 3.84. The van der Waals surface area contributed by atoms with Crippen LogP contribution in [0.4, 0.5) is 0 Å². The number of nitrogens with two attached hydrogens (primary N) is 1. The number of methoxy groups -OCH3 is 1. The fourth-order valence-corrected chi connectivity index (χ4v) is 1.87. The molecule has 2 rings (SSSR count). The van der Waals surface area contributed by atoms with Crippen molar-refractivity contribution in [2.45, 2.75) is 11.9 Å². The number of benzene rings is 1.